The first kappa shape index (κ1) is 18.1. The van der Waals surface area contributed by atoms with Crippen molar-refractivity contribution in [3.63, 3.8) is 0 Å². The zero-order chi connectivity index (χ0) is 19.6. The minimum Gasteiger partial charge on any atom is -0.284 e. The summed E-state index contributed by atoms with van der Waals surface area (Å²) in [5.41, 5.74) is 3.62. The molecule has 28 heavy (non-hydrogen) atoms. The highest BCUT2D eigenvalue weighted by Crippen LogP contribution is 2.22. The smallest absolute Gasteiger partial charge is 0.232 e. The first-order valence-corrected chi connectivity index (χ1v) is 10.4. The Labute approximate surface area is 162 Å². The van der Waals surface area contributed by atoms with Gasteiger partial charge in [-0.15, -0.1) is 10.2 Å². The van der Waals surface area contributed by atoms with Crippen molar-refractivity contribution in [3.05, 3.63) is 60.9 Å². The predicted molar refractivity (Wildman–Crippen MR) is 107 cm³/mol. The average Bonchev–Trinajstić information content (AvgIpc) is 3.12. The second-order valence-electron chi connectivity index (χ2n) is 6.25. The minimum absolute atomic E-state index is 0.0956. The van der Waals surface area contributed by atoms with Crippen LogP contribution in [0.2, 0.25) is 0 Å². The highest BCUT2D eigenvalue weighted by Gasteiger charge is 2.12. The van der Waals surface area contributed by atoms with E-state index in [4.69, 9.17) is 0 Å². The molecule has 0 bridgehead atoms. The number of pyridine rings is 1. The molecule has 142 valence electrons. The van der Waals surface area contributed by atoms with Crippen LogP contribution in [0.1, 0.15) is 13.3 Å². The van der Waals surface area contributed by atoms with Crippen LogP contribution >= 0.6 is 0 Å². The summed E-state index contributed by atoms with van der Waals surface area (Å²) < 4.78 is 28.1. The van der Waals surface area contributed by atoms with E-state index >= 15 is 0 Å². The van der Waals surface area contributed by atoms with E-state index < -0.39 is 10.0 Å². The van der Waals surface area contributed by atoms with Crippen LogP contribution in [0.5, 0.6) is 0 Å². The standard InChI is InChI=1S/C19H18N6O2S/c1-2-13-28(26,27)24-16-5-3-14(4-6-16)17-7-8-18-21-22-19(25(18)23-17)15-9-11-20-12-10-15/h3-12,24H,2,13H2,1H3. The van der Waals surface area contributed by atoms with Crippen molar-refractivity contribution in [3.8, 4) is 22.6 Å². The second-order valence-corrected chi connectivity index (χ2v) is 8.09. The number of rotatable bonds is 6. The largest absolute Gasteiger partial charge is 0.284 e. The molecule has 0 unspecified atom stereocenters. The van der Waals surface area contributed by atoms with Crippen molar-refractivity contribution in [2.24, 2.45) is 0 Å². The molecule has 0 saturated heterocycles. The number of nitrogens with one attached hydrogen (secondary N) is 1. The molecule has 4 rings (SSSR count). The van der Waals surface area contributed by atoms with Crippen molar-refractivity contribution >= 4 is 21.4 Å². The summed E-state index contributed by atoms with van der Waals surface area (Å²) in [5.74, 6) is 0.724. The number of hydrogen-bond donors (Lipinski definition) is 1. The molecular formula is C19H18N6O2S. The summed E-state index contributed by atoms with van der Waals surface area (Å²) in [7, 11) is -3.31. The van der Waals surface area contributed by atoms with Crippen molar-refractivity contribution < 1.29 is 8.42 Å². The highest BCUT2D eigenvalue weighted by molar-refractivity contribution is 7.92. The SMILES string of the molecule is CCCS(=O)(=O)Nc1ccc(-c2ccc3nnc(-c4ccncc4)n3n2)cc1. The fourth-order valence-corrected chi connectivity index (χ4v) is 3.97. The molecule has 1 aromatic carbocycles. The molecule has 0 radical (unpaired) electrons. The summed E-state index contributed by atoms with van der Waals surface area (Å²) in [6, 6.07) is 14.5. The minimum atomic E-state index is -3.31. The summed E-state index contributed by atoms with van der Waals surface area (Å²) in [6.45, 7) is 1.83. The van der Waals surface area contributed by atoms with E-state index in [1.165, 1.54) is 0 Å². The third-order valence-electron chi connectivity index (χ3n) is 4.13. The lowest BCUT2D eigenvalue weighted by atomic mass is 10.1. The Morgan fingerprint density at radius 3 is 2.39 bits per heavy atom. The first-order chi connectivity index (χ1) is 13.6. The van der Waals surface area contributed by atoms with Gasteiger partial charge in [0, 0.05) is 29.2 Å². The normalized spacial score (nSPS) is 11.6. The van der Waals surface area contributed by atoms with Gasteiger partial charge in [0.15, 0.2) is 11.5 Å². The van der Waals surface area contributed by atoms with Crippen LogP contribution in [-0.2, 0) is 10.0 Å². The Morgan fingerprint density at radius 2 is 1.68 bits per heavy atom. The quantitative estimate of drug-likeness (QED) is 0.539. The molecular weight excluding hydrogens is 376 g/mol. The maximum atomic E-state index is 11.9. The van der Waals surface area contributed by atoms with Crippen molar-refractivity contribution in [1.29, 1.82) is 0 Å². The molecule has 9 heteroatoms. The molecule has 0 aliphatic heterocycles. The van der Waals surface area contributed by atoms with Crippen LogP contribution in [0.15, 0.2) is 60.9 Å². The first-order valence-electron chi connectivity index (χ1n) is 8.79. The van der Waals surface area contributed by atoms with Gasteiger partial charge in [-0.1, -0.05) is 19.1 Å². The highest BCUT2D eigenvalue weighted by atomic mass is 32.2. The van der Waals surface area contributed by atoms with Gasteiger partial charge in [-0.05, 0) is 42.8 Å². The van der Waals surface area contributed by atoms with Gasteiger partial charge in [0.1, 0.15) is 0 Å². The number of nitrogens with zero attached hydrogens (tertiary/aromatic N) is 5. The number of sulfonamides is 1. The van der Waals surface area contributed by atoms with Crippen LogP contribution < -0.4 is 4.72 Å². The van der Waals surface area contributed by atoms with Gasteiger partial charge in [0.25, 0.3) is 0 Å². The third kappa shape index (κ3) is 3.70. The van der Waals surface area contributed by atoms with Gasteiger partial charge in [-0.3, -0.25) is 9.71 Å². The van der Waals surface area contributed by atoms with Gasteiger partial charge >= 0.3 is 0 Å². The molecule has 1 N–H and O–H groups in total. The molecule has 0 spiro atoms. The zero-order valence-corrected chi connectivity index (χ0v) is 16.0. The number of aromatic nitrogens is 5. The molecule has 0 aliphatic rings. The van der Waals surface area contributed by atoms with E-state index in [0.717, 1.165) is 16.8 Å². The maximum Gasteiger partial charge on any atom is 0.232 e. The topological polar surface area (TPSA) is 102 Å². The summed E-state index contributed by atoms with van der Waals surface area (Å²) >= 11 is 0. The number of anilines is 1. The fraction of sp³-hybridized carbons (Fsp3) is 0.158. The van der Waals surface area contributed by atoms with Gasteiger partial charge in [0.2, 0.25) is 10.0 Å². The number of benzene rings is 1. The van der Waals surface area contributed by atoms with Gasteiger partial charge in [-0.2, -0.15) is 9.61 Å². The molecule has 8 nitrogen and oxygen atoms in total. The molecule has 0 saturated carbocycles. The van der Waals surface area contributed by atoms with E-state index in [9.17, 15) is 8.42 Å². The lowest BCUT2D eigenvalue weighted by Gasteiger charge is -2.08. The van der Waals surface area contributed by atoms with Crippen molar-refractivity contribution in [2.75, 3.05) is 10.5 Å². The van der Waals surface area contributed by atoms with E-state index in [0.29, 0.717) is 23.6 Å². The monoisotopic (exact) mass is 394 g/mol. The third-order valence-corrected chi connectivity index (χ3v) is 5.62. The average molecular weight is 394 g/mol. The Morgan fingerprint density at radius 1 is 0.929 bits per heavy atom. The Kier molecular flexibility index (Phi) is 4.74. The van der Waals surface area contributed by atoms with Crippen molar-refractivity contribution in [1.82, 2.24) is 24.8 Å². The fourth-order valence-electron chi connectivity index (χ4n) is 2.83. The Hall–Kier alpha value is -3.33. The van der Waals surface area contributed by atoms with Crippen LogP contribution in [0, 0.1) is 0 Å². The molecule has 0 aliphatic carbocycles. The van der Waals surface area contributed by atoms with E-state index in [1.54, 1.807) is 29.0 Å². The van der Waals surface area contributed by atoms with Crippen LogP contribution in [0.25, 0.3) is 28.3 Å². The molecule has 3 aromatic heterocycles. The molecule has 4 aromatic rings. The Bertz CT molecular complexity index is 1200. The van der Waals surface area contributed by atoms with Crippen LogP contribution in [0.3, 0.4) is 0 Å². The van der Waals surface area contributed by atoms with E-state index in [-0.39, 0.29) is 5.75 Å². The lowest BCUT2D eigenvalue weighted by molar-refractivity contribution is 0.600. The summed E-state index contributed by atoms with van der Waals surface area (Å²) in [6.07, 6.45) is 3.95. The molecule has 0 amide bonds. The zero-order valence-electron chi connectivity index (χ0n) is 15.1. The molecule has 3 heterocycles. The molecule has 0 fully saturated rings. The predicted octanol–water partition coefficient (Wildman–Crippen LogP) is 3.01. The second kappa shape index (κ2) is 7.35. The Balaban J connectivity index is 1.66. The summed E-state index contributed by atoms with van der Waals surface area (Å²) in [4.78, 5) is 4.02. The number of hydrogen-bond acceptors (Lipinski definition) is 6. The van der Waals surface area contributed by atoms with Gasteiger partial charge < -0.3 is 0 Å². The molecule has 0 atom stereocenters. The van der Waals surface area contributed by atoms with Crippen molar-refractivity contribution in [2.45, 2.75) is 13.3 Å². The summed E-state index contributed by atoms with van der Waals surface area (Å²) in [5, 5.41) is 13.0. The van der Waals surface area contributed by atoms with Gasteiger partial charge in [-0.25, -0.2) is 8.42 Å². The van der Waals surface area contributed by atoms with E-state index in [1.807, 2.05) is 43.3 Å². The maximum absolute atomic E-state index is 11.9. The lowest BCUT2D eigenvalue weighted by Crippen LogP contribution is -2.15. The number of fused-ring (bicyclic) bond motifs is 1. The van der Waals surface area contributed by atoms with E-state index in [2.05, 4.69) is 25.0 Å². The van der Waals surface area contributed by atoms with Crippen LogP contribution in [0.4, 0.5) is 5.69 Å². The van der Waals surface area contributed by atoms with Crippen LogP contribution in [-0.4, -0.2) is 39.0 Å². The van der Waals surface area contributed by atoms with Gasteiger partial charge in [0.05, 0.1) is 11.4 Å².